The van der Waals surface area contributed by atoms with Crippen molar-refractivity contribution in [2.75, 3.05) is 13.1 Å². The normalized spacial score (nSPS) is 26.7. The van der Waals surface area contributed by atoms with Crippen molar-refractivity contribution in [1.82, 2.24) is 4.90 Å². The lowest BCUT2D eigenvalue weighted by Crippen LogP contribution is -2.61. The Hall–Kier alpha value is -1.10. The first-order valence-electron chi connectivity index (χ1n) is 7.09. The third-order valence-corrected chi connectivity index (χ3v) is 4.95. The SMILES string of the molecule is CC(C)(C(=O)O)C1CCCN(C(=O)C2(N)CCC2)C1. The summed E-state index contributed by atoms with van der Waals surface area (Å²) in [5.41, 5.74) is 4.62. The Balaban J connectivity index is 2.05. The van der Waals surface area contributed by atoms with Gasteiger partial charge in [0.1, 0.15) is 0 Å². The summed E-state index contributed by atoms with van der Waals surface area (Å²) >= 11 is 0. The molecule has 5 nitrogen and oxygen atoms in total. The molecule has 0 bridgehead atoms. The van der Waals surface area contributed by atoms with Gasteiger partial charge in [0.2, 0.25) is 5.91 Å². The number of piperidine rings is 1. The molecule has 0 aromatic carbocycles. The molecule has 1 heterocycles. The molecule has 3 N–H and O–H groups in total. The highest BCUT2D eigenvalue weighted by molar-refractivity contribution is 5.87. The van der Waals surface area contributed by atoms with Crippen LogP contribution in [0.1, 0.15) is 46.0 Å². The van der Waals surface area contributed by atoms with Crippen LogP contribution in [-0.4, -0.2) is 40.5 Å². The molecule has 1 aliphatic carbocycles. The van der Waals surface area contributed by atoms with Gasteiger partial charge in [-0.2, -0.15) is 0 Å². The number of carbonyl (C=O) groups is 2. The maximum absolute atomic E-state index is 12.4. The molecule has 0 aromatic heterocycles. The van der Waals surface area contributed by atoms with Crippen LogP contribution >= 0.6 is 0 Å². The van der Waals surface area contributed by atoms with Gasteiger partial charge in [-0.3, -0.25) is 9.59 Å². The van der Waals surface area contributed by atoms with Crippen molar-refractivity contribution in [2.24, 2.45) is 17.1 Å². The molecular weight excluding hydrogens is 244 g/mol. The third-order valence-electron chi connectivity index (χ3n) is 4.95. The van der Waals surface area contributed by atoms with Crippen molar-refractivity contribution in [2.45, 2.75) is 51.5 Å². The quantitative estimate of drug-likeness (QED) is 0.806. The molecule has 1 saturated carbocycles. The van der Waals surface area contributed by atoms with E-state index in [4.69, 9.17) is 5.73 Å². The summed E-state index contributed by atoms with van der Waals surface area (Å²) in [7, 11) is 0. The van der Waals surface area contributed by atoms with Gasteiger partial charge < -0.3 is 15.7 Å². The number of aliphatic carboxylic acids is 1. The van der Waals surface area contributed by atoms with Gasteiger partial charge in [-0.05, 0) is 51.9 Å². The van der Waals surface area contributed by atoms with Gasteiger partial charge >= 0.3 is 5.97 Å². The number of carboxylic acid groups (broad SMARTS) is 1. The molecule has 1 amide bonds. The zero-order valence-electron chi connectivity index (χ0n) is 11.8. The number of hydrogen-bond donors (Lipinski definition) is 2. The van der Waals surface area contributed by atoms with Crippen LogP contribution in [0.3, 0.4) is 0 Å². The van der Waals surface area contributed by atoms with Gasteiger partial charge in [0.05, 0.1) is 11.0 Å². The lowest BCUT2D eigenvalue weighted by Gasteiger charge is -2.45. The fraction of sp³-hybridized carbons (Fsp3) is 0.857. The minimum absolute atomic E-state index is 0.00590. The van der Waals surface area contributed by atoms with Crippen molar-refractivity contribution in [3.8, 4) is 0 Å². The molecule has 0 radical (unpaired) electrons. The largest absolute Gasteiger partial charge is 0.481 e. The van der Waals surface area contributed by atoms with Crippen LogP contribution in [0.2, 0.25) is 0 Å². The van der Waals surface area contributed by atoms with Crippen LogP contribution < -0.4 is 5.73 Å². The second kappa shape index (κ2) is 4.78. The maximum atomic E-state index is 12.4. The van der Waals surface area contributed by atoms with Crippen LogP contribution in [0, 0.1) is 11.3 Å². The highest BCUT2D eigenvalue weighted by Gasteiger charge is 2.46. The van der Waals surface area contributed by atoms with Crippen molar-refractivity contribution in [1.29, 1.82) is 0 Å². The van der Waals surface area contributed by atoms with E-state index in [0.29, 0.717) is 13.1 Å². The van der Waals surface area contributed by atoms with Crippen molar-refractivity contribution in [3.05, 3.63) is 0 Å². The summed E-state index contributed by atoms with van der Waals surface area (Å²) in [6, 6.07) is 0. The highest BCUT2D eigenvalue weighted by atomic mass is 16.4. The number of carboxylic acids is 1. The van der Waals surface area contributed by atoms with E-state index < -0.39 is 16.9 Å². The van der Waals surface area contributed by atoms with Crippen molar-refractivity contribution < 1.29 is 14.7 Å². The molecule has 1 saturated heterocycles. The Morgan fingerprint density at radius 2 is 1.95 bits per heavy atom. The second-order valence-electron chi connectivity index (χ2n) is 6.63. The monoisotopic (exact) mass is 268 g/mol. The average molecular weight is 268 g/mol. The first-order chi connectivity index (χ1) is 8.77. The molecule has 0 spiro atoms. The molecule has 1 aliphatic heterocycles. The molecule has 2 aliphatic rings. The van der Waals surface area contributed by atoms with E-state index in [2.05, 4.69) is 0 Å². The standard InChI is InChI=1S/C14H24N2O3/c1-13(2,12(18)19)10-5-3-8-16(9-10)11(17)14(15)6-4-7-14/h10H,3-9,15H2,1-2H3,(H,18,19). The zero-order valence-corrected chi connectivity index (χ0v) is 11.8. The molecule has 1 unspecified atom stereocenters. The van der Waals surface area contributed by atoms with E-state index >= 15 is 0 Å². The molecule has 1 atom stereocenters. The summed E-state index contributed by atoms with van der Waals surface area (Å²) in [5, 5.41) is 9.31. The van der Waals surface area contributed by atoms with Gasteiger partial charge in [0.25, 0.3) is 0 Å². The molecular formula is C14H24N2O3. The first kappa shape index (κ1) is 14.3. The predicted molar refractivity (Wildman–Crippen MR) is 71.5 cm³/mol. The summed E-state index contributed by atoms with van der Waals surface area (Å²) in [5.74, 6) is -0.770. The first-order valence-corrected chi connectivity index (χ1v) is 7.09. The van der Waals surface area contributed by atoms with Crippen LogP contribution in [0.25, 0.3) is 0 Å². The number of rotatable bonds is 3. The fourth-order valence-corrected chi connectivity index (χ4v) is 3.01. The van der Waals surface area contributed by atoms with Crippen LogP contribution in [0.4, 0.5) is 0 Å². The van der Waals surface area contributed by atoms with Gasteiger partial charge in [0, 0.05) is 13.1 Å². The Labute approximate surface area is 114 Å². The number of nitrogens with two attached hydrogens (primary N) is 1. The smallest absolute Gasteiger partial charge is 0.309 e. The third kappa shape index (κ3) is 2.48. The number of carbonyl (C=O) groups excluding carboxylic acids is 1. The van der Waals surface area contributed by atoms with Gasteiger partial charge in [0.15, 0.2) is 0 Å². The molecule has 2 fully saturated rings. The van der Waals surface area contributed by atoms with Crippen molar-refractivity contribution in [3.63, 3.8) is 0 Å². The minimum atomic E-state index is -0.794. The number of nitrogens with zero attached hydrogens (tertiary/aromatic N) is 1. The van der Waals surface area contributed by atoms with Crippen LogP contribution in [-0.2, 0) is 9.59 Å². The van der Waals surface area contributed by atoms with E-state index in [0.717, 1.165) is 32.1 Å². The molecule has 0 aromatic rings. The lowest BCUT2D eigenvalue weighted by atomic mass is 9.73. The Bertz CT molecular complexity index is 388. The van der Waals surface area contributed by atoms with Gasteiger partial charge in [-0.1, -0.05) is 0 Å². The molecule has 2 rings (SSSR count). The Morgan fingerprint density at radius 3 is 2.42 bits per heavy atom. The van der Waals surface area contributed by atoms with E-state index in [1.165, 1.54) is 0 Å². The zero-order chi connectivity index (χ0) is 14.3. The van der Waals surface area contributed by atoms with Gasteiger partial charge in [-0.15, -0.1) is 0 Å². The van der Waals surface area contributed by atoms with Crippen LogP contribution in [0.5, 0.6) is 0 Å². The average Bonchev–Trinajstić information content (AvgIpc) is 2.35. The Morgan fingerprint density at radius 1 is 1.32 bits per heavy atom. The summed E-state index contributed by atoms with van der Waals surface area (Å²) in [6.45, 7) is 4.73. The summed E-state index contributed by atoms with van der Waals surface area (Å²) in [4.78, 5) is 25.5. The number of hydrogen-bond acceptors (Lipinski definition) is 3. The highest BCUT2D eigenvalue weighted by Crippen LogP contribution is 2.37. The van der Waals surface area contributed by atoms with Crippen LogP contribution in [0.15, 0.2) is 0 Å². The minimum Gasteiger partial charge on any atom is -0.481 e. The van der Waals surface area contributed by atoms with E-state index in [1.54, 1.807) is 18.7 Å². The number of amides is 1. The summed E-state index contributed by atoms with van der Waals surface area (Å²) in [6.07, 6.45) is 4.26. The fourth-order valence-electron chi connectivity index (χ4n) is 3.01. The summed E-state index contributed by atoms with van der Waals surface area (Å²) < 4.78 is 0. The van der Waals surface area contributed by atoms with Crippen molar-refractivity contribution >= 4 is 11.9 Å². The van der Waals surface area contributed by atoms with Gasteiger partial charge in [-0.25, -0.2) is 0 Å². The van der Waals surface area contributed by atoms with E-state index in [1.807, 2.05) is 0 Å². The molecule has 108 valence electrons. The maximum Gasteiger partial charge on any atom is 0.309 e. The van der Waals surface area contributed by atoms with E-state index in [9.17, 15) is 14.7 Å². The van der Waals surface area contributed by atoms with E-state index in [-0.39, 0.29) is 11.8 Å². The number of likely N-dealkylation sites (tertiary alicyclic amines) is 1. The second-order valence-corrected chi connectivity index (χ2v) is 6.63. The molecule has 5 heteroatoms. The lowest BCUT2D eigenvalue weighted by molar-refractivity contribution is -0.154. The Kier molecular flexibility index (Phi) is 3.60. The molecule has 19 heavy (non-hydrogen) atoms. The predicted octanol–water partition coefficient (Wildman–Crippen LogP) is 1.22. The topological polar surface area (TPSA) is 83.6 Å².